The first-order valence-corrected chi connectivity index (χ1v) is 7.36. The van der Waals surface area contributed by atoms with Crippen molar-refractivity contribution >= 4 is 16.8 Å². The van der Waals surface area contributed by atoms with Crippen molar-refractivity contribution in [3.63, 3.8) is 0 Å². The molecule has 0 saturated heterocycles. The molecule has 22 heavy (non-hydrogen) atoms. The lowest BCUT2D eigenvalue weighted by molar-refractivity contribution is 0.0996. The molecule has 1 aliphatic rings. The smallest absolute Gasteiger partial charge is 0.267 e. The van der Waals surface area contributed by atoms with E-state index >= 15 is 0 Å². The van der Waals surface area contributed by atoms with Crippen molar-refractivity contribution in [2.75, 3.05) is 0 Å². The fraction of sp³-hybridized carbons (Fsp3) is 0.235. The number of nitrogens with two attached hydrogens (primary N) is 1. The molecule has 2 N–H and O–H groups in total. The summed E-state index contributed by atoms with van der Waals surface area (Å²) in [5.74, 6) is 0.0472. The molecular weight excluding hydrogens is 276 g/mol. The van der Waals surface area contributed by atoms with Crippen LogP contribution in [0.5, 0.6) is 0 Å². The molecule has 0 radical (unpaired) electrons. The highest BCUT2D eigenvalue weighted by Gasteiger charge is 2.28. The van der Waals surface area contributed by atoms with E-state index in [0.717, 1.165) is 22.0 Å². The van der Waals surface area contributed by atoms with Crippen LogP contribution in [-0.2, 0) is 7.05 Å². The summed E-state index contributed by atoms with van der Waals surface area (Å²) in [5.41, 5.74) is 9.89. The number of carbonyl (C=O) groups is 1. The molecule has 3 aromatic rings. The van der Waals surface area contributed by atoms with Crippen LogP contribution in [0.15, 0.2) is 36.7 Å². The van der Waals surface area contributed by atoms with E-state index in [-0.39, 0.29) is 0 Å². The van der Waals surface area contributed by atoms with Gasteiger partial charge in [-0.1, -0.05) is 6.07 Å². The number of carbonyl (C=O) groups excluding carboxylic acids is 1. The fourth-order valence-electron chi connectivity index (χ4n) is 3.00. The number of aryl methyl sites for hydroxylation is 1. The Balaban J connectivity index is 2.01. The van der Waals surface area contributed by atoms with Crippen molar-refractivity contribution in [2.24, 2.45) is 12.8 Å². The van der Waals surface area contributed by atoms with Gasteiger partial charge < -0.3 is 5.73 Å². The normalized spacial score (nSPS) is 14.4. The van der Waals surface area contributed by atoms with Crippen molar-refractivity contribution in [1.82, 2.24) is 14.8 Å². The lowest BCUT2D eigenvalue weighted by Crippen LogP contribution is -2.14. The summed E-state index contributed by atoms with van der Waals surface area (Å²) in [7, 11) is 1.91. The first kappa shape index (κ1) is 13.0. The minimum Gasteiger partial charge on any atom is -0.364 e. The first-order chi connectivity index (χ1) is 10.6. The number of rotatable bonds is 3. The van der Waals surface area contributed by atoms with E-state index in [0.29, 0.717) is 11.6 Å². The van der Waals surface area contributed by atoms with E-state index < -0.39 is 5.91 Å². The third-order valence-corrected chi connectivity index (χ3v) is 4.14. The Morgan fingerprint density at radius 1 is 1.32 bits per heavy atom. The number of pyridine rings is 1. The van der Waals surface area contributed by atoms with Gasteiger partial charge in [-0.25, -0.2) is 0 Å². The fourth-order valence-corrected chi connectivity index (χ4v) is 3.00. The molecule has 0 aliphatic heterocycles. The highest BCUT2D eigenvalue weighted by Crippen LogP contribution is 2.46. The highest BCUT2D eigenvalue weighted by atomic mass is 16.1. The standard InChI is InChI=1S/C17H16N4O/c1-21-9-11-7-14(12-3-2-6-19-16(12)17(18)22)13(10-4-5-10)8-15(11)20-21/h2-3,6-10H,4-5H2,1H3,(H2,18,22). The van der Waals surface area contributed by atoms with Gasteiger partial charge in [-0.05, 0) is 48.1 Å². The number of nitrogens with zero attached hydrogens (tertiary/aromatic N) is 3. The largest absolute Gasteiger partial charge is 0.364 e. The molecule has 1 aliphatic carbocycles. The summed E-state index contributed by atoms with van der Waals surface area (Å²) < 4.78 is 1.81. The van der Waals surface area contributed by atoms with Gasteiger partial charge in [-0.15, -0.1) is 0 Å². The van der Waals surface area contributed by atoms with Crippen LogP contribution in [0.4, 0.5) is 0 Å². The Morgan fingerprint density at radius 2 is 2.14 bits per heavy atom. The van der Waals surface area contributed by atoms with Crippen LogP contribution in [0.25, 0.3) is 22.0 Å². The Labute approximate surface area is 127 Å². The number of primary amides is 1. The van der Waals surface area contributed by atoms with Crippen LogP contribution in [0.3, 0.4) is 0 Å². The third kappa shape index (κ3) is 2.06. The average Bonchev–Trinajstić information content (AvgIpc) is 3.27. The molecule has 5 heteroatoms. The molecule has 5 nitrogen and oxygen atoms in total. The lowest BCUT2D eigenvalue weighted by atomic mass is 9.94. The van der Waals surface area contributed by atoms with Crippen LogP contribution in [-0.4, -0.2) is 20.7 Å². The van der Waals surface area contributed by atoms with E-state index in [2.05, 4.69) is 22.2 Å². The minimum absolute atomic E-state index is 0.327. The van der Waals surface area contributed by atoms with Crippen LogP contribution in [0.1, 0.15) is 34.8 Å². The third-order valence-electron chi connectivity index (χ3n) is 4.14. The van der Waals surface area contributed by atoms with Crippen molar-refractivity contribution in [3.05, 3.63) is 47.9 Å². The number of aromatic nitrogens is 3. The van der Waals surface area contributed by atoms with E-state index in [1.54, 1.807) is 6.20 Å². The number of hydrogen-bond acceptors (Lipinski definition) is 3. The maximum Gasteiger partial charge on any atom is 0.267 e. The number of hydrogen-bond donors (Lipinski definition) is 1. The summed E-state index contributed by atoms with van der Waals surface area (Å²) in [6.45, 7) is 0. The Hall–Kier alpha value is -2.69. The van der Waals surface area contributed by atoms with Gasteiger partial charge in [0.05, 0.1) is 5.52 Å². The van der Waals surface area contributed by atoms with Gasteiger partial charge in [0, 0.05) is 30.4 Å². The molecule has 1 aromatic carbocycles. The molecule has 1 saturated carbocycles. The van der Waals surface area contributed by atoms with Gasteiger partial charge in [0.25, 0.3) is 5.91 Å². The average molecular weight is 292 g/mol. The summed E-state index contributed by atoms with van der Waals surface area (Å²) in [4.78, 5) is 15.9. The summed E-state index contributed by atoms with van der Waals surface area (Å²) in [6, 6.07) is 7.99. The molecule has 2 aromatic heterocycles. The topological polar surface area (TPSA) is 73.8 Å². The summed E-state index contributed by atoms with van der Waals surface area (Å²) >= 11 is 0. The van der Waals surface area contributed by atoms with Crippen molar-refractivity contribution in [2.45, 2.75) is 18.8 Å². The van der Waals surface area contributed by atoms with Gasteiger partial charge in [-0.2, -0.15) is 5.10 Å². The quantitative estimate of drug-likeness (QED) is 0.806. The molecule has 0 atom stereocenters. The SMILES string of the molecule is Cn1cc2cc(-c3cccnc3C(N)=O)c(C3CC3)cc2n1. The second kappa shape index (κ2) is 4.66. The predicted molar refractivity (Wildman–Crippen MR) is 84.4 cm³/mol. The predicted octanol–water partition coefficient (Wildman–Crippen LogP) is 2.61. The maximum atomic E-state index is 11.7. The van der Waals surface area contributed by atoms with Gasteiger partial charge in [0.2, 0.25) is 0 Å². The molecular formula is C17H16N4O. The van der Waals surface area contributed by atoms with Gasteiger partial charge in [0.1, 0.15) is 5.69 Å². The first-order valence-electron chi connectivity index (χ1n) is 7.36. The van der Waals surface area contributed by atoms with E-state index in [9.17, 15) is 4.79 Å². The molecule has 1 amide bonds. The molecule has 1 fully saturated rings. The zero-order chi connectivity index (χ0) is 15.3. The van der Waals surface area contributed by atoms with Crippen LogP contribution >= 0.6 is 0 Å². The van der Waals surface area contributed by atoms with E-state index in [1.807, 2.05) is 30.1 Å². The van der Waals surface area contributed by atoms with Gasteiger partial charge in [0.15, 0.2) is 0 Å². The Morgan fingerprint density at radius 3 is 2.86 bits per heavy atom. The van der Waals surface area contributed by atoms with Gasteiger partial charge >= 0.3 is 0 Å². The van der Waals surface area contributed by atoms with Crippen LogP contribution in [0.2, 0.25) is 0 Å². The molecule has 2 heterocycles. The number of benzene rings is 1. The maximum absolute atomic E-state index is 11.7. The number of fused-ring (bicyclic) bond motifs is 1. The molecule has 0 unspecified atom stereocenters. The number of amides is 1. The summed E-state index contributed by atoms with van der Waals surface area (Å²) in [5, 5.41) is 5.54. The highest BCUT2D eigenvalue weighted by molar-refractivity contribution is 5.99. The molecule has 0 spiro atoms. The summed E-state index contributed by atoms with van der Waals surface area (Å²) in [6.07, 6.45) is 5.94. The molecule has 110 valence electrons. The van der Waals surface area contributed by atoms with Gasteiger partial charge in [-0.3, -0.25) is 14.5 Å². The second-order valence-electron chi connectivity index (χ2n) is 5.84. The lowest BCUT2D eigenvalue weighted by Gasteiger charge is -2.11. The van der Waals surface area contributed by atoms with Crippen LogP contribution in [0, 0.1) is 0 Å². The second-order valence-corrected chi connectivity index (χ2v) is 5.84. The minimum atomic E-state index is -0.497. The van der Waals surface area contributed by atoms with E-state index in [1.165, 1.54) is 18.4 Å². The Bertz CT molecular complexity index is 893. The van der Waals surface area contributed by atoms with Crippen LogP contribution < -0.4 is 5.73 Å². The Kier molecular flexibility index (Phi) is 2.76. The molecule has 4 rings (SSSR count). The molecule has 0 bridgehead atoms. The van der Waals surface area contributed by atoms with Crippen molar-refractivity contribution < 1.29 is 4.79 Å². The van der Waals surface area contributed by atoms with Crippen molar-refractivity contribution in [3.8, 4) is 11.1 Å². The zero-order valence-electron chi connectivity index (χ0n) is 12.3. The van der Waals surface area contributed by atoms with Crippen molar-refractivity contribution in [1.29, 1.82) is 0 Å². The zero-order valence-corrected chi connectivity index (χ0v) is 12.3. The monoisotopic (exact) mass is 292 g/mol. The van der Waals surface area contributed by atoms with E-state index in [4.69, 9.17) is 5.73 Å².